The molecule has 0 saturated carbocycles. The molecule has 8 rings (SSSR count). The van der Waals surface area contributed by atoms with E-state index in [1.54, 1.807) is 6.20 Å². The summed E-state index contributed by atoms with van der Waals surface area (Å²) in [7, 11) is 0. The Balaban J connectivity index is 0.000000250. The Morgan fingerprint density at radius 1 is 0.638 bits per heavy atom. The quantitative estimate of drug-likeness (QED) is 0.158. The topological polar surface area (TPSA) is 51.8 Å². The second-order valence-electron chi connectivity index (χ2n) is 11.1. The first-order chi connectivity index (χ1) is 22.7. The van der Waals surface area contributed by atoms with Crippen molar-refractivity contribution in [1.29, 1.82) is 0 Å². The Bertz CT molecular complexity index is 2160. The van der Waals surface area contributed by atoms with Crippen LogP contribution in [-0.4, -0.2) is 15.0 Å². The van der Waals surface area contributed by atoms with Gasteiger partial charge in [0.05, 0.1) is 5.58 Å². The first-order valence-corrected chi connectivity index (χ1v) is 15.4. The van der Waals surface area contributed by atoms with E-state index in [0.29, 0.717) is 5.71 Å². The molecule has 0 unspecified atom stereocenters. The van der Waals surface area contributed by atoms with Gasteiger partial charge in [0, 0.05) is 43.6 Å². The van der Waals surface area contributed by atoms with Crippen LogP contribution in [0.4, 0.5) is 0 Å². The number of rotatable bonds is 6. The molecule has 1 radical (unpaired) electrons. The van der Waals surface area contributed by atoms with Gasteiger partial charge in [-0.1, -0.05) is 89.8 Å². The fourth-order valence-electron chi connectivity index (χ4n) is 5.58. The van der Waals surface area contributed by atoms with Gasteiger partial charge in [-0.2, -0.15) is 0 Å². The third-order valence-corrected chi connectivity index (χ3v) is 7.99. The van der Waals surface area contributed by atoms with Crippen LogP contribution < -0.4 is 0 Å². The molecule has 4 aromatic heterocycles. The summed E-state index contributed by atoms with van der Waals surface area (Å²) in [5, 5.41) is 2.06. The van der Waals surface area contributed by atoms with Gasteiger partial charge in [-0.3, -0.25) is 0 Å². The molecule has 0 aliphatic rings. The third-order valence-electron chi connectivity index (χ3n) is 7.99. The van der Waals surface area contributed by atoms with E-state index >= 15 is 0 Å². The first kappa shape index (κ1) is 31.7. The maximum absolute atomic E-state index is 6.28. The van der Waals surface area contributed by atoms with Gasteiger partial charge in [0.15, 0.2) is 0 Å². The molecule has 0 aliphatic heterocycles. The first-order valence-electron chi connectivity index (χ1n) is 15.4. The largest absolute Gasteiger partial charge is 0.486 e. The summed E-state index contributed by atoms with van der Waals surface area (Å²) in [5.74, 6) is 0. The molecule has 0 amide bonds. The molecule has 231 valence electrons. The van der Waals surface area contributed by atoms with Crippen molar-refractivity contribution in [2.24, 2.45) is 0 Å². The Hall–Kier alpha value is -5.22. The van der Waals surface area contributed by atoms with Crippen LogP contribution in [0.3, 0.4) is 0 Å². The van der Waals surface area contributed by atoms with E-state index in [1.165, 1.54) is 16.7 Å². The van der Waals surface area contributed by atoms with Crippen molar-refractivity contribution in [3.05, 3.63) is 175 Å². The van der Waals surface area contributed by atoms with Crippen LogP contribution in [-0.2, 0) is 32.9 Å². The van der Waals surface area contributed by atoms with E-state index in [9.17, 15) is 0 Å². The third kappa shape index (κ3) is 7.28. The molecule has 4 nitrogen and oxygen atoms in total. The molecule has 0 spiro atoms. The zero-order valence-corrected chi connectivity index (χ0v) is 28.2. The molecule has 0 aliphatic carbocycles. The molecular formula is C42H31IrN3O-2. The molecule has 5 heteroatoms. The second kappa shape index (κ2) is 14.9. The number of hydrogen-bond donors (Lipinski definition) is 0. The minimum Gasteiger partial charge on any atom is -0.486 e. The van der Waals surface area contributed by atoms with Crippen LogP contribution in [0.25, 0.3) is 55.7 Å². The summed E-state index contributed by atoms with van der Waals surface area (Å²) < 4.78 is 6.28. The maximum atomic E-state index is 6.28. The van der Waals surface area contributed by atoms with Gasteiger partial charge < -0.3 is 14.4 Å². The number of aryl methyl sites for hydroxylation is 3. The van der Waals surface area contributed by atoms with Crippen molar-refractivity contribution in [2.75, 3.05) is 0 Å². The number of benzene rings is 4. The number of hydrogen-bond acceptors (Lipinski definition) is 4. The molecule has 0 bridgehead atoms. The molecule has 0 atom stereocenters. The minimum atomic E-state index is 0. The predicted molar refractivity (Wildman–Crippen MR) is 186 cm³/mol. The van der Waals surface area contributed by atoms with Crippen molar-refractivity contribution < 1.29 is 24.5 Å². The van der Waals surface area contributed by atoms with Crippen molar-refractivity contribution in [3.8, 4) is 33.6 Å². The van der Waals surface area contributed by atoms with Crippen LogP contribution in [0, 0.1) is 19.1 Å². The van der Waals surface area contributed by atoms with E-state index in [0.717, 1.165) is 63.0 Å². The maximum Gasteiger partial charge on any atom is 0.216 e. The van der Waals surface area contributed by atoms with Gasteiger partial charge in [-0.05, 0) is 71.6 Å². The van der Waals surface area contributed by atoms with Gasteiger partial charge in [0.25, 0.3) is 0 Å². The van der Waals surface area contributed by atoms with Crippen LogP contribution in [0.1, 0.15) is 16.8 Å². The van der Waals surface area contributed by atoms with Crippen molar-refractivity contribution >= 4 is 22.1 Å². The van der Waals surface area contributed by atoms with E-state index in [1.807, 2.05) is 72.9 Å². The summed E-state index contributed by atoms with van der Waals surface area (Å²) in [6.07, 6.45) is 5.54. The Morgan fingerprint density at radius 2 is 1.47 bits per heavy atom. The average Bonchev–Trinajstić information content (AvgIpc) is 3.51. The van der Waals surface area contributed by atoms with Crippen LogP contribution >= 0.6 is 0 Å². The van der Waals surface area contributed by atoms with E-state index in [-0.39, 0.29) is 20.1 Å². The number of aromatic nitrogens is 3. The summed E-state index contributed by atoms with van der Waals surface area (Å²) in [6, 6.07) is 51.4. The van der Waals surface area contributed by atoms with E-state index < -0.39 is 0 Å². The minimum absolute atomic E-state index is 0. The summed E-state index contributed by atoms with van der Waals surface area (Å²) in [6.45, 7) is 2.12. The summed E-state index contributed by atoms with van der Waals surface area (Å²) >= 11 is 0. The smallest absolute Gasteiger partial charge is 0.216 e. The van der Waals surface area contributed by atoms with Gasteiger partial charge in [0.1, 0.15) is 0 Å². The van der Waals surface area contributed by atoms with E-state index in [4.69, 9.17) is 14.4 Å². The van der Waals surface area contributed by atoms with Gasteiger partial charge in [-0.25, -0.2) is 4.98 Å². The molecule has 0 fully saturated rings. The predicted octanol–water partition coefficient (Wildman–Crippen LogP) is 10.2. The zero-order valence-electron chi connectivity index (χ0n) is 25.9. The monoisotopic (exact) mass is 786 g/mol. The normalized spacial score (nSPS) is 10.7. The molecule has 0 N–H and O–H groups in total. The van der Waals surface area contributed by atoms with Crippen molar-refractivity contribution in [1.82, 2.24) is 15.0 Å². The Kier molecular flexibility index (Phi) is 10.1. The standard InChI is InChI=1S/C31H23N2O.C11H8N.Ir/c1-21-8-5-6-11-25(21)23-15-19-29(32-20-23)28-13-7-12-26-27-18-17-24(33-31(27)34-30(26)28)16-14-22-9-3-2-4-10-22;1-2-6-10(7-3-1)11-8-4-5-9-12-11;/h2-12,15,17-20H,14,16H2,1H3;1-6,8-9H;/q2*-1;. The molecule has 8 aromatic rings. The fraction of sp³-hybridized carbons (Fsp3) is 0.0714. The average molecular weight is 786 g/mol. The van der Waals surface area contributed by atoms with Crippen molar-refractivity contribution in [3.63, 3.8) is 0 Å². The van der Waals surface area contributed by atoms with Gasteiger partial charge in [0.2, 0.25) is 5.71 Å². The molecular weight excluding hydrogens is 755 g/mol. The molecule has 47 heavy (non-hydrogen) atoms. The summed E-state index contributed by atoms with van der Waals surface area (Å²) in [4.78, 5) is 13.8. The van der Waals surface area contributed by atoms with Crippen LogP contribution in [0.5, 0.6) is 0 Å². The van der Waals surface area contributed by atoms with E-state index in [2.05, 4.69) is 90.8 Å². The zero-order chi connectivity index (χ0) is 31.1. The number of pyridine rings is 3. The number of furan rings is 1. The Labute approximate surface area is 288 Å². The SMILES string of the molecule is Cc1ccccc1-c1ccc(-c2[c-]ccc3c2oc2nc(CCc4ccccc4)ccc23)nc1.[Ir].[c-]1ccccc1-c1ccccn1. The number of nitrogens with zero attached hydrogens (tertiary/aromatic N) is 3. The summed E-state index contributed by atoms with van der Waals surface area (Å²) in [5.41, 5.74) is 11.0. The molecule has 0 saturated heterocycles. The van der Waals surface area contributed by atoms with Crippen molar-refractivity contribution in [2.45, 2.75) is 19.8 Å². The van der Waals surface area contributed by atoms with Crippen LogP contribution in [0.15, 0.2) is 150 Å². The second-order valence-corrected chi connectivity index (χ2v) is 11.1. The fourth-order valence-corrected chi connectivity index (χ4v) is 5.58. The Morgan fingerprint density at radius 3 is 2.23 bits per heavy atom. The van der Waals surface area contributed by atoms with Gasteiger partial charge in [-0.15, -0.1) is 54.1 Å². The van der Waals surface area contributed by atoms with Crippen LogP contribution in [0.2, 0.25) is 0 Å². The molecule has 4 heterocycles. The number of fused-ring (bicyclic) bond motifs is 3. The van der Waals surface area contributed by atoms with Gasteiger partial charge >= 0.3 is 0 Å². The molecule has 4 aromatic carbocycles.